The number of aldehydes is 1. The number of rotatable bonds is 3. The molecule has 0 rings (SSSR count). The zero-order valence-corrected chi connectivity index (χ0v) is 9.97. The molecule has 1 atom stereocenters. The van der Waals surface area contributed by atoms with Crippen molar-refractivity contribution >= 4 is 14.6 Å². The zero-order chi connectivity index (χ0) is 9.99. The Morgan fingerprint density at radius 2 is 1.67 bits per heavy atom. The molecule has 0 aliphatic heterocycles. The second-order valence-electron chi connectivity index (χ2n) is 5.15. The molecule has 0 radical (unpaired) electrons. The second-order valence-corrected chi connectivity index (χ2v) is 9.61. The maximum absolute atomic E-state index is 10.7. The van der Waals surface area contributed by atoms with E-state index in [1.54, 1.807) is 0 Å². The zero-order valence-electron chi connectivity index (χ0n) is 8.97. The molecule has 3 heteroatoms. The third-order valence-corrected chi connectivity index (χ3v) is 2.42. The average Bonchev–Trinajstić information content (AvgIpc) is 1.78. The summed E-state index contributed by atoms with van der Waals surface area (Å²) in [6.45, 7) is 12.3. The molecule has 0 aromatic carbocycles. The molecule has 0 spiro atoms. The van der Waals surface area contributed by atoms with E-state index in [0.717, 1.165) is 6.29 Å². The Labute approximate surface area is 76.4 Å². The van der Waals surface area contributed by atoms with E-state index < -0.39 is 8.32 Å². The first-order valence-electron chi connectivity index (χ1n) is 4.30. The van der Waals surface area contributed by atoms with Crippen LogP contribution in [0.3, 0.4) is 0 Å². The number of carbonyl (C=O) groups excluding carboxylic acids is 1. The van der Waals surface area contributed by atoms with Crippen LogP contribution in [-0.2, 0) is 9.22 Å². The van der Waals surface area contributed by atoms with Crippen LogP contribution >= 0.6 is 0 Å². The number of hydrogen-bond acceptors (Lipinski definition) is 2. The molecule has 72 valence electrons. The first-order valence-corrected chi connectivity index (χ1v) is 7.71. The van der Waals surface area contributed by atoms with Crippen LogP contribution in [0.5, 0.6) is 0 Å². The molecular weight excluding hydrogens is 168 g/mol. The Hall–Kier alpha value is -0.153. The van der Waals surface area contributed by atoms with Crippen LogP contribution in [0, 0.1) is 5.41 Å². The molecule has 0 saturated heterocycles. The SMILES string of the molecule is CC(C)(C)[C@@H](C=O)O[Si](C)(C)C. The summed E-state index contributed by atoms with van der Waals surface area (Å²) < 4.78 is 5.72. The summed E-state index contributed by atoms with van der Waals surface area (Å²) in [5.41, 5.74) is -0.0813. The van der Waals surface area contributed by atoms with Crippen molar-refractivity contribution < 1.29 is 9.22 Å². The lowest BCUT2D eigenvalue weighted by atomic mass is 9.90. The molecule has 12 heavy (non-hydrogen) atoms. The topological polar surface area (TPSA) is 26.3 Å². The van der Waals surface area contributed by atoms with E-state index in [9.17, 15) is 4.79 Å². The molecule has 0 aromatic rings. The minimum atomic E-state index is -1.58. The highest BCUT2D eigenvalue weighted by atomic mass is 28.4. The molecule has 0 amide bonds. The Morgan fingerprint density at radius 3 is 1.75 bits per heavy atom. The fourth-order valence-corrected chi connectivity index (χ4v) is 1.96. The van der Waals surface area contributed by atoms with Crippen LogP contribution in [0.25, 0.3) is 0 Å². The van der Waals surface area contributed by atoms with E-state index >= 15 is 0 Å². The van der Waals surface area contributed by atoms with Gasteiger partial charge in [0.15, 0.2) is 8.32 Å². The van der Waals surface area contributed by atoms with E-state index in [-0.39, 0.29) is 11.5 Å². The first kappa shape index (κ1) is 11.8. The van der Waals surface area contributed by atoms with Gasteiger partial charge in [0.05, 0.1) is 0 Å². The van der Waals surface area contributed by atoms with E-state index in [0.29, 0.717) is 0 Å². The minimum Gasteiger partial charge on any atom is -0.407 e. The Morgan fingerprint density at radius 1 is 1.25 bits per heavy atom. The summed E-state index contributed by atoms with van der Waals surface area (Å²) in [5, 5.41) is 0. The van der Waals surface area contributed by atoms with Crippen molar-refractivity contribution in [2.24, 2.45) is 5.41 Å². The third kappa shape index (κ3) is 4.67. The van der Waals surface area contributed by atoms with Gasteiger partial charge >= 0.3 is 0 Å². The van der Waals surface area contributed by atoms with Crippen molar-refractivity contribution in [3.8, 4) is 0 Å². The second kappa shape index (κ2) is 3.71. The first-order chi connectivity index (χ1) is 5.17. The van der Waals surface area contributed by atoms with E-state index in [2.05, 4.69) is 19.6 Å². The van der Waals surface area contributed by atoms with Crippen LogP contribution in [0.4, 0.5) is 0 Å². The predicted octanol–water partition coefficient (Wildman–Crippen LogP) is 2.45. The smallest absolute Gasteiger partial charge is 0.184 e. The molecule has 0 aromatic heterocycles. The fraction of sp³-hybridized carbons (Fsp3) is 0.889. The molecule has 0 N–H and O–H groups in total. The van der Waals surface area contributed by atoms with Crippen molar-refractivity contribution in [1.82, 2.24) is 0 Å². The lowest BCUT2D eigenvalue weighted by molar-refractivity contribution is -0.118. The molecule has 2 nitrogen and oxygen atoms in total. The average molecular weight is 188 g/mol. The van der Waals surface area contributed by atoms with Crippen LogP contribution in [0.2, 0.25) is 19.6 Å². The summed E-state index contributed by atoms with van der Waals surface area (Å²) in [6.07, 6.45) is 0.655. The van der Waals surface area contributed by atoms with E-state index in [4.69, 9.17) is 4.43 Å². The van der Waals surface area contributed by atoms with Gasteiger partial charge in [-0.15, -0.1) is 0 Å². The van der Waals surface area contributed by atoms with Gasteiger partial charge in [0.25, 0.3) is 0 Å². The summed E-state index contributed by atoms with van der Waals surface area (Å²) in [7, 11) is -1.58. The highest BCUT2D eigenvalue weighted by molar-refractivity contribution is 6.69. The van der Waals surface area contributed by atoms with Crippen molar-refractivity contribution in [3.05, 3.63) is 0 Å². The van der Waals surface area contributed by atoms with Crippen LogP contribution in [0.1, 0.15) is 20.8 Å². The molecule has 0 fully saturated rings. The molecule has 0 aliphatic carbocycles. The quantitative estimate of drug-likeness (QED) is 0.502. The molecular formula is C9H20O2Si. The lowest BCUT2D eigenvalue weighted by Crippen LogP contribution is -2.40. The molecule has 0 unspecified atom stereocenters. The predicted molar refractivity (Wildman–Crippen MR) is 53.7 cm³/mol. The Balaban J connectivity index is 4.30. The Kier molecular flexibility index (Phi) is 3.66. The van der Waals surface area contributed by atoms with Gasteiger partial charge in [-0.05, 0) is 25.1 Å². The van der Waals surface area contributed by atoms with Gasteiger partial charge in [0.1, 0.15) is 12.4 Å². The van der Waals surface area contributed by atoms with Gasteiger partial charge in [-0.2, -0.15) is 0 Å². The van der Waals surface area contributed by atoms with Crippen molar-refractivity contribution in [2.75, 3.05) is 0 Å². The lowest BCUT2D eigenvalue weighted by Gasteiger charge is -2.31. The minimum absolute atomic E-state index is 0.0813. The molecule has 0 aliphatic rings. The fourth-order valence-electron chi connectivity index (χ4n) is 0.790. The van der Waals surface area contributed by atoms with Gasteiger partial charge in [-0.25, -0.2) is 0 Å². The maximum atomic E-state index is 10.7. The van der Waals surface area contributed by atoms with Gasteiger partial charge in [0.2, 0.25) is 0 Å². The van der Waals surface area contributed by atoms with Crippen LogP contribution < -0.4 is 0 Å². The summed E-state index contributed by atoms with van der Waals surface area (Å²) >= 11 is 0. The summed E-state index contributed by atoms with van der Waals surface area (Å²) in [6, 6.07) is 0. The summed E-state index contributed by atoms with van der Waals surface area (Å²) in [4.78, 5) is 10.7. The van der Waals surface area contributed by atoms with Gasteiger partial charge in [-0.1, -0.05) is 20.8 Å². The summed E-state index contributed by atoms with van der Waals surface area (Å²) in [5.74, 6) is 0. The largest absolute Gasteiger partial charge is 0.407 e. The van der Waals surface area contributed by atoms with Crippen molar-refractivity contribution in [2.45, 2.75) is 46.5 Å². The van der Waals surface area contributed by atoms with Crippen LogP contribution in [-0.4, -0.2) is 20.7 Å². The normalized spacial score (nSPS) is 15.8. The number of carbonyl (C=O) groups is 1. The van der Waals surface area contributed by atoms with Crippen molar-refractivity contribution in [3.63, 3.8) is 0 Å². The molecule has 0 saturated carbocycles. The van der Waals surface area contributed by atoms with Gasteiger partial charge in [-0.3, -0.25) is 0 Å². The molecule has 0 heterocycles. The van der Waals surface area contributed by atoms with Gasteiger partial charge < -0.3 is 9.22 Å². The van der Waals surface area contributed by atoms with E-state index in [1.807, 2.05) is 20.8 Å². The van der Waals surface area contributed by atoms with Gasteiger partial charge in [0, 0.05) is 0 Å². The molecule has 0 bridgehead atoms. The highest BCUT2D eigenvalue weighted by Crippen LogP contribution is 2.23. The van der Waals surface area contributed by atoms with Crippen LogP contribution in [0.15, 0.2) is 0 Å². The van der Waals surface area contributed by atoms with E-state index in [1.165, 1.54) is 0 Å². The number of hydrogen-bond donors (Lipinski definition) is 0. The van der Waals surface area contributed by atoms with Crippen molar-refractivity contribution in [1.29, 1.82) is 0 Å². The Bertz CT molecular complexity index is 153. The highest BCUT2D eigenvalue weighted by Gasteiger charge is 2.29. The third-order valence-electron chi connectivity index (χ3n) is 1.46. The maximum Gasteiger partial charge on any atom is 0.184 e. The monoisotopic (exact) mass is 188 g/mol. The standard InChI is InChI=1S/C9H20O2Si/c1-9(2,3)8(7-10)11-12(4,5)6/h7-8H,1-6H3/t8-/m1/s1.